The summed E-state index contributed by atoms with van der Waals surface area (Å²) in [5.74, 6) is -0.896. The van der Waals surface area contributed by atoms with Gasteiger partial charge in [0.25, 0.3) is 11.8 Å². The topological polar surface area (TPSA) is 71.1 Å². The molecule has 0 fully saturated rings. The molecule has 120 valence electrons. The number of benzene rings is 1. The van der Waals surface area contributed by atoms with Crippen molar-refractivity contribution in [1.82, 2.24) is 15.8 Å². The molecule has 0 saturated carbocycles. The molecule has 2 rings (SSSR count). The van der Waals surface area contributed by atoms with Crippen LogP contribution in [0.2, 0.25) is 5.02 Å². The van der Waals surface area contributed by atoms with Gasteiger partial charge in [0.15, 0.2) is 0 Å². The Morgan fingerprint density at radius 1 is 1.04 bits per heavy atom. The Hall–Kier alpha value is -2.40. The van der Waals surface area contributed by atoms with Gasteiger partial charge >= 0.3 is 0 Å². The number of pyridine rings is 1. The van der Waals surface area contributed by atoms with Gasteiger partial charge in [0.2, 0.25) is 0 Å². The van der Waals surface area contributed by atoms with E-state index in [1.165, 1.54) is 0 Å². The highest BCUT2D eigenvalue weighted by Gasteiger charge is 2.18. The summed E-state index contributed by atoms with van der Waals surface area (Å²) in [7, 11) is 0. The fourth-order valence-electron chi connectivity index (χ4n) is 1.88. The Bertz CT molecular complexity index is 739. The maximum Gasteiger partial charge on any atom is 0.271 e. The SMILES string of the molecule is CC(C)(C)c1cc(C(=O)NNC(=O)c2ccccc2Cl)ccn1. The Balaban J connectivity index is 2.06. The van der Waals surface area contributed by atoms with E-state index in [4.69, 9.17) is 11.6 Å². The number of nitrogens with one attached hydrogen (secondary N) is 2. The number of aromatic nitrogens is 1. The zero-order chi connectivity index (χ0) is 17.0. The van der Waals surface area contributed by atoms with E-state index in [-0.39, 0.29) is 5.41 Å². The zero-order valence-electron chi connectivity index (χ0n) is 13.2. The molecule has 0 radical (unpaired) electrons. The first kappa shape index (κ1) is 17.0. The van der Waals surface area contributed by atoms with Crippen molar-refractivity contribution in [2.45, 2.75) is 26.2 Å². The Morgan fingerprint density at radius 2 is 1.70 bits per heavy atom. The lowest BCUT2D eigenvalue weighted by Gasteiger charge is -2.18. The van der Waals surface area contributed by atoms with Gasteiger partial charge in [-0.25, -0.2) is 0 Å². The van der Waals surface area contributed by atoms with Crippen LogP contribution in [-0.2, 0) is 5.41 Å². The first-order valence-electron chi connectivity index (χ1n) is 7.11. The van der Waals surface area contributed by atoms with E-state index in [0.29, 0.717) is 16.1 Å². The zero-order valence-corrected chi connectivity index (χ0v) is 13.9. The van der Waals surface area contributed by atoms with Gasteiger partial charge in [-0.05, 0) is 24.3 Å². The van der Waals surface area contributed by atoms with Crippen LogP contribution in [-0.4, -0.2) is 16.8 Å². The summed E-state index contributed by atoms with van der Waals surface area (Å²) in [5.41, 5.74) is 6.07. The quantitative estimate of drug-likeness (QED) is 0.831. The lowest BCUT2D eigenvalue weighted by Crippen LogP contribution is -2.41. The summed E-state index contributed by atoms with van der Waals surface area (Å²) < 4.78 is 0. The largest absolute Gasteiger partial charge is 0.271 e. The van der Waals surface area contributed by atoms with Crippen LogP contribution in [0.25, 0.3) is 0 Å². The molecule has 2 aromatic rings. The lowest BCUT2D eigenvalue weighted by molar-refractivity contribution is 0.0846. The van der Waals surface area contributed by atoms with Crippen molar-refractivity contribution in [3.05, 3.63) is 64.4 Å². The molecular formula is C17H18ClN3O2. The standard InChI is InChI=1S/C17H18ClN3O2/c1-17(2,3)14-10-11(8-9-19-14)15(22)20-21-16(23)12-6-4-5-7-13(12)18/h4-10H,1-3H3,(H,20,22)(H,21,23). The van der Waals surface area contributed by atoms with Crippen molar-refractivity contribution in [2.24, 2.45) is 0 Å². The van der Waals surface area contributed by atoms with Crippen molar-refractivity contribution in [1.29, 1.82) is 0 Å². The molecule has 0 aliphatic heterocycles. The third kappa shape index (κ3) is 4.29. The summed E-state index contributed by atoms with van der Waals surface area (Å²) in [5, 5.41) is 0.318. The number of carbonyl (C=O) groups excluding carboxylic acids is 2. The average Bonchev–Trinajstić information content (AvgIpc) is 2.52. The van der Waals surface area contributed by atoms with E-state index in [2.05, 4.69) is 15.8 Å². The number of nitrogens with zero attached hydrogens (tertiary/aromatic N) is 1. The molecule has 2 amide bonds. The number of hydrogen-bond acceptors (Lipinski definition) is 3. The molecule has 0 unspecified atom stereocenters. The van der Waals surface area contributed by atoms with Crippen LogP contribution in [0.4, 0.5) is 0 Å². The average molecular weight is 332 g/mol. The highest BCUT2D eigenvalue weighted by atomic mass is 35.5. The van der Waals surface area contributed by atoms with E-state index >= 15 is 0 Å². The molecule has 2 N–H and O–H groups in total. The predicted molar refractivity (Wildman–Crippen MR) is 89.3 cm³/mol. The van der Waals surface area contributed by atoms with Gasteiger partial charge < -0.3 is 0 Å². The minimum Gasteiger partial charge on any atom is -0.267 e. The molecular weight excluding hydrogens is 314 g/mol. The third-order valence-corrected chi connectivity index (χ3v) is 3.53. The summed E-state index contributed by atoms with van der Waals surface area (Å²) in [6, 6.07) is 9.90. The van der Waals surface area contributed by atoms with E-state index < -0.39 is 11.8 Å². The van der Waals surface area contributed by atoms with Crippen molar-refractivity contribution < 1.29 is 9.59 Å². The van der Waals surface area contributed by atoms with Gasteiger partial charge in [-0.1, -0.05) is 44.5 Å². The number of halogens is 1. The van der Waals surface area contributed by atoms with E-state index in [9.17, 15) is 9.59 Å². The van der Waals surface area contributed by atoms with Gasteiger partial charge in [-0.3, -0.25) is 25.4 Å². The van der Waals surface area contributed by atoms with Crippen LogP contribution in [0.1, 0.15) is 47.2 Å². The van der Waals surface area contributed by atoms with Crippen LogP contribution in [0.5, 0.6) is 0 Å². The summed E-state index contributed by atoms with van der Waals surface area (Å²) in [6.45, 7) is 6.03. The highest BCUT2D eigenvalue weighted by molar-refractivity contribution is 6.33. The molecule has 0 spiro atoms. The molecule has 0 atom stereocenters. The second-order valence-electron chi connectivity index (χ2n) is 6.07. The minimum atomic E-state index is -0.478. The summed E-state index contributed by atoms with van der Waals surface area (Å²) in [4.78, 5) is 28.4. The predicted octanol–water partition coefficient (Wildman–Crippen LogP) is 3.11. The molecule has 1 heterocycles. The Morgan fingerprint density at radius 3 is 2.35 bits per heavy atom. The molecule has 0 saturated heterocycles. The van der Waals surface area contributed by atoms with E-state index in [0.717, 1.165) is 5.69 Å². The molecule has 6 heteroatoms. The van der Waals surface area contributed by atoms with Gasteiger partial charge in [-0.15, -0.1) is 0 Å². The van der Waals surface area contributed by atoms with E-state index in [1.54, 1.807) is 42.6 Å². The molecule has 0 aliphatic carbocycles. The number of amides is 2. The summed E-state index contributed by atoms with van der Waals surface area (Å²) >= 11 is 5.94. The number of hydrogen-bond donors (Lipinski definition) is 2. The van der Waals surface area contributed by atoms with Gasteiger partial charge in [0.1, 0.15) is 0 Å². The van der Waals surface area contributed by atoms with Gasteiger partial charge in [0.05, 0.1) is 10.6 Å². The van der Waals surface area contributed by atoms with Crippen LogP contribution in [0.15, 0.2) is 42.6 Å². The highest BCUT2D eigenvalue weighted by Crippen LogP contribution is 2.20. The lowest BCUT2D eigenvalue weighted by atomic mass is 9.91. The summed E-state index contributed by atoms with van der Waals surface area (Å²) in [6.07, 6.45) is 1.57. The van der Waals surface area contributed by atoms with Gasteiger partial charge in [0, 0.05) is 22.9 Å². The maximum atomic E-state index is 12.2. The second kappa shape index (κ2) is 6.79. The third-order valence-electron chi connectivity index (χ3n) is 3.20. The van der Waals surface area contributed by atoms with Crippen molar-refractivity contribution in [3.8, 4) is 0 Å². The fraction of sp³-hybridized carbons (Fsp3) is 0.235. The normalized spacial score (nSPS) is 11.0. The van der Waals surface area contributed by atoms with E-state index in [1.807, 2.05) is 20.8 Å². The smallest absolute Gasteiger partial charge is 0.267 e. The second-order valence-corrected chi connectivity index (χ2v) is 6.48. The Kier molecular flexibility index (Phi) is 5.01. The van der Waals surface area contributed by atoms with Gasteiger partial charge in [-0.2, -0.15) is 0 Å². The number of hydrazine groups is 1. The number of carbonyl (C=O) groups is 2. The Labute approximate surface area is 140 Å². The fourth-order valence-corrected chi connectivity index (χ4v) is 2.10. The van der Waals surface area contributed by atoms with Crippen molar-refractivity contribution in [3.63, 3.8) is 0 Å². The molecule has 0 aliphatic rings. The molecule has 1 aromatic carbocycles. The van der Waals surface area contributed by atoms with Crippen LogP contribution >= 0.6 is 11.6 Å². The van der Waals surface area contributed by atoms with Crippen molar-refractivity contribution in [2.75, 3.05) is 0 Å². The number of rotatable bonds is 2. The molecule has 23 heavy (non-hydrogen) atoms. The van der Waals surface area contributed by atoms with Crippen LogP contribution < -0.4 is 10.9 Å². The van der Waals surface area contributed by atoms with Crippen LogP contribution in [0, 0.1) is 0 Å². The minimum absolute atomic E-state index is 0.170. The van der Waals surface area contributed by atoms with Crippen LogP contribution in [0.3, 0.4) is 0 Å². The monoisotopic (exact) mass is 331 g/mol. The molecule has 1 aromatic heterocycles. The van der Waals surface area contributed by atoms with Crippen molar-refractivity contribution >= 4 is 23.4 Å². The first-order valence-corrected chi connectivity index (χ1v) is 7.48. The molecule has 0 bridgehead atoms. The first-order chi connectivity index (χ1) is 10.8. The molecule has 5 nitrogen and oxygen atoms in total. The maximum absolute atomic E-state index is 12.2.